The van der Waals surface area contributed by atoms with Gasteiger partial charge in [-0.25, -0.2) is 0 Å². The van der Waals surface area contributed by atoms with Crippen molar-refractivity contribution < 1.29 is 4.79 Å². The topological polar surface area (TPSA) is 29.1 Å². The van der Waals surface area contributed by atoms with E-state index in [0.717, 1.165) is 42.4 Å². The molecule has 166 valence electrons. The molecule has 0 spiro atoms. The van der Waals surface area contributed by atoms with Crippen LogP contribution in [0.15, 0.2) is 0 Å². The molecule has 2 nitrogen and oxygen atoms in total. The Bertz CT molecular complexity index is 624. The maximum Gasteiger partial charge on any atom is 0.220 e. The maximum atomic E-state index is 12.1. The van der Waals surface area contributed by atoms with E-state index < -0.39 is 0 Å². The fourth-order valence-corrected chi connectivity index (χ4v) is 9.24. The number of carbonyl (C=O) groups excluding carboxylic acids is 1. The zero-order valence-corrected chi connectivity index (χ0v) is 20.2. The summed E-state index contributed by atoms with van der Waals surface area (Å²) in [4.78, 5) is 12.1. The van der Waals surface area contributed by atoms with E-state index in [1.807, 2.05) is 0 Å². The lowest BCUT2D eigenvalue weighted by molar-refractivity contribution is -0.141. The van der Waals surface area contributed by atoms with Crippen LogP contribution in [-0.4, -0.2) is 11.9 Å². The van der Waals surface area contributed by atoms with Gasteiger partial charge in [0.05, 0.1) is 0 Å². The minimum Gasteiger partial charge on any atom is -0.353 e. The van der Waals surface area contributed by atoms with Gasteiger partial charge >= 0.3 is 0 Å². The third-order valence-electron chi connectivity index (χ3n) is 10.4. The van der Waals surface area contributed by atoms with E-state index in [1.165, 1.54) is 57.8 Å². The van der Waals surface area contributed by atoms with Crippen LogP contribution >= 0.6 is 0 Å². The molecule has 1 amide bonds. The van der Waals surface area contributed by atoms with Crippen LogP contribution in [0.2, 0.25) is 0 Å². The molecule has 4 fully saturated rings. The van der Waals surface area contributed by atoms with Crippen molar-refractivity contribution >= 4 is 5.91 Å². The molecule has 29 heavy (non-hydrogen) atoms. The van der Waals surface area contributed by atoms with Crippen molar-refractivity contribution in [3.63, 3.8) is 0 Å². The van der Waals surface area contributed by atoms with Gasteiger partial charge < -0.3 is 5.32 Å². The van der Waals surface area contributed by atoms with E-state index in [4.69, 9.17) is 0 Å². The zero-order valence-electron chi connectivity index (χ0n) is 20.2. The van der Waals surface area contributed by atoms with Gasteiger partial charge in [-0.2, -0.15) is 0 Å². The molecule has 4 rings (SSSR count). The summed E-state index contributed by atoms with van der Waals surface area (Å²) in [6.07, 6.45) is 14.4. The number of fused-ring (bicyclic) bond motifs is 5. The van der Waals surface area contributed by atoms with Crippen LogP contribution in [0, 0.1) is 45.8 Å². The SMILES string of the molecule is CC(C)CCCC[C@H]1CC(C)(C)[C@H]2[C@@H]3CCC4NC(=O)CC[C@]4(C)[C@H]3CC[C@]12C. The Kier molecular flexibility index (Phi) is 5.65. The molecule has 1 heterocycles. The highest BCUT2D eigenvalue weighted by atomic mass is 16.1. The van der Waals surface area contributed by atoms with E-state index in [9.17, 15) is 4.79 Å². The molecular weight excluding hydrogens is 354 g/mol. The van der Waals surface area contributed by atoms with Crippen LogP contribution in [-0.2, 0) is 4.79 Å². The lowest BCUT2D eigenvalue weighted by Gasteiger charge is -2.61. The number of piperidine rings is 1. The van der Waals surface area contributed by atoms with Gasteiger partial charge in [-0.15, -0.1) is 0 Å². The summed E-state index contributed by atoms with van der Waals surface area (Å²) >= 11 is 0. The number of carbonyl (C=O) groups is 1. The van der Waals surface area contributed by atoms with Gasteiger partial charge in [-0.3, -0.25) is 4.79 Å². The second kappa shape index (κ2) is 7.56. The Morgan fingerprint density at radius 1 is 1.00 bits per heavy atom. The third kappa shape index (κ3) is 3.59. The third-order valence-corrected chi connectivity index (χ3v) is 10.4. The number of unbranched alkanes of at least 4 members (excludes halogenated alkanes) is 1. The Morgan fingerprint density at radius 2 is 1.76 bits per heavy atom. The van der Waals surface area contributed by atoms with Crippen molar-refractivity contribution in [1.82, 2.24) is 5.32 Å². The number of amides is 1. The van der Waals surface area contributed by atoms with Crippen LogP contribution in [0.4, 0.5) is 0 Å². The molecule has 1 aliphatic heterocycles. The van der Waals surface area contributed by atoms with Gasteiger partial charge in [0, 0.05) is 12.5 Å². The number of hydrogen-bond donors (Lipinski definition) is 1. The van der Waals surface area contributed by atoms with Crippen molar-refractivity contribution in [1.29, 1.82) is 0 Å². The van der Waals surface area contributed by atoms with Crippen molar-refractivity contribution in [2.75, 3.05) is 0 Å². The molecule has 7 atom stereocenters. The van der Waals surface area contributed by atoms with E-state index in [-0.39, 0.29) is 0 Å². The summed E-state index contributed by atoms with van der Waals surface area (Å²) in [6, 6.07) is 0.436. The average Bonchev–Trinajstić information content (AvgIpc) is 2.85. The molecule has 1 N–H and O–H groups in total. The molecule has 0 aromatic rings. The maximum absolute atomic E-state index is 12.1. The summed E-state index contributed by atoms with van der Waals surface area (Å²) in [7, 11) is 0. The highest BCUT2D eigenvalue weighted by Gasteiger charge is 2.64. The quantitative estimate of drug-likeness (QED) is 0.495. The van der Waals surface area contributed by atoms with Gasteiger partial charge in [0.1, 0.15) is 0 Å². The van der Waals surface area contributed by atoms with Crippen LogP contribution in [0.5, 0.6) is 0 Å². The Labute approximate surface area is 180 Å². The van der Waals surface area contributed by atoms with E-state index >= 15 is 0 Å². The molecule has 0 aromatic carbocycles. The zero-order chi connectivity index (χ0) is 21.0. The highest BCUT2D eigenvalue weighted by Crippen LogP contribution is 2.70. The van der Waals surface area contributed by atoms with Crippen molar-refractivity contribution in [3.8, 4) is 0 Å². The molecule has 0 bridgehead atoms. The fraction of sp³-hybridized carbons (Fsp3) is 0.963. The molecule has 1 saturated heterocycles. The average molecular weight is 402 g/mol. The normalized spacial score (nSPS) is 46.0. The van der Waals surface area contributed by atoms with Gasteiger partial charge in [0.15, 0.2) is 0 Å². The smallest absolute Gasteiger partial charge is 0.220 e. The van der Waals surface area contributed by atoms with Crippen molar-refractivity contribution in [2.45, 2.75) is 118 Å². The second-order valence-electron chi connectivity index (χ2n) is 13.1. The Morgan fingerprint density at radius 3 is 2.48 bits per heavy atom. The first-order valence-corrected chi connectivity index (χ1v) is 12.9. The molecule has 3 aliphatic carbocycles. The predicted octanol–water partition coefficient (Wildman–Crippen LogP) is 6.98. The summed E-state index contributed by atoms with van der Waals surface area (Å²) < 4.78 is 0. The van der Waals surface area contributed by atoms with Crippen LogP contribution in [0.1, 0.15) is 112 Å². The van der Waals surface area contributed by atoms with E-state index in [0.29, 0.717) is 28.2 Å². The molecule has 0 aromatic heterocycles. The van der Waals surface area contributed by atoms with Gasteiger partial charge in [0.25, 0.3) is 0 Å². The first-order chi connectivity index (χ1) is 13.6. The number of rotatable bonds is 5. The molecular formula is C27H47NO. The monoisotopic (exact) mass is 401 g/mol. The standard InChI is InChI=1S/C27H47NO/c1-18(2)9-7-8-10-19-17-25(3,4)24-20-11-12-22-27(6,16-14-23(29)28-22)21(20)13-15-26(19,24)5/h18-22,24H,7-17H2,1-6H3,(H,28,29)/t19-,20+,21-,22?,24+,26+,27+/m0/s1. The minimum absolute atomic E-state index is 0.300. The summed E-state index contributed by atoms with van der Waals surface area (Å²) in [5, 5.41) is 3.40. The predicted molar refractivity (Wildman–Crippen MR) is 122 cm³/mol. The molecule has 4 aliphatic rings. The largest absolute Gasteiger partial charge is 0.353 e. The van der Waals surface area contributed by atoms with Gasteiger partial charge in [-0.1, -0.05) is 60.8 Å². The van der Waals surface area contributed by atoms with Crippen molar-refractivity contribution in [3.05, 3.63) is 0 Å². The first-order valence-electron chi connectivity index (χ1n) is 12.9. The second-order valence-corrected chi connectivity index (χ2v) is 13.1. The summed E-state index contributed by atoms with van der Waals surface area (Å²) in [6.45, 7) is 15.1. The molecule has 2 heteroatoms. The van der Waals surface area contributed by atoms with Gasteiger partial charge in [-0.05, 0) is 90.8 Å². The lowest BCUT2D eigenvalue weighted by Crippen LogP contribution is -2.61. The van der Waals surface area contributed by atoms with Crippen molar-refractivity contribution in [2.24, 2.45) is 45.8 Å². The highest BCUT2D eigenvalue weighted by molar-refractivity contribution is 5.77. The fourth-order valence-electron chi connectivity index (χ4n) is 9.24. The lowest BCUT2D eigenvalue weighted by atomic mass is 9.45. The van der Waals surface area contributed by atoms with Crippen LogP contribution in [0.3, 0.4) is 0 Å². The summed E-state index contributed by atoms with van der Waals surface area (Å²) in [5.41, 5.74) is 1.36. The molecule has 1 unspecified atom stereocenters. The summed E-state index contributed by atoms with van der Waals surface area (Å²) in [5.74, 6) is 4.64. The molecule has 3 saturated carbocycles. The Balaban J connectivity index is 1.53. The minimum atomic E-state index is 0.300. The van der Waals surface area contributed by atoms with Crippen LogP contribution in [0.25, 0.3) is 0 Å². The molecule has 0 radical (unpaired) electrons. The number of hydrogen-bond acceptors (Lipinski definition) is 1. The first kappa shape index (κ1) is 21.7. The van der Waals surface area contributed by atoms with Gasteiger partial charge in [0.2, 0.25) is 5.91 Å². The van der Waals surface area contributed by atoms with E-state index in [1.54, 1.807) is 0 Å². The van der Waals surface area contributed by atoms with Crippen LogP contribution < -0.4 is 5.32 Å². The van der Waals surface area contributed by atoms with E-state index in [2.05, 4.69) is 46.9 Å². The number of nitrogens with one attached hydrogen (secondary N) is 1. The Hall–Kier alpha value is -0.530.